The molecule has 174 valence electrons. The van der Waals surface area contributed by atoms with Crippen molar-refractivity contribution in [3.8, 4) is 17.3 Å². The molecule has 0 radical (unpaired) electrons. The zero-order chi connectivity index (χ0) is 24.1. The number of rotatable bonds is 8. The molecule has 1 amide bonds. The molecule has 0 bridgehead atoms. The highest BCUT2D eigenvalue weighted by molar-refractivity contribution is 5.76. The van der Waals surface area contributed by atoms with E-state index in [1.165, 1.54) is 6.07 Å². The molecule has 1 N–H and O–H groups in total. The molecule has 34 heavy (non-hydrogen) atoms. The zero-order valence-electron chi connectivity index (χ0n) is 19.0. The largest absolute Gasteiger partial charge is 0.436 e. The summed E-state index contributed by atoms with van der Waals surface area (Å²) in [6.45, 7) is 4.21. The number of benzene rings is 3. The lowest BCUT2D eigenvalue weighted by atomic mass is 10.1. The molecule has 0 aliphatic rings. The van der Waals surface area contributed by atoms with E-state index in [0.29, 0.717) is 30.1 Å². The van der Waals surface area contributed by atoms with Crippen molar-refractivity contribution in [2.45, 2.75) is 33.2 Å². The van der Waals surface area contributed by atoms with Crippen LogP contribution < -0.4 is 10.1 Å². The molecule has 4 aromatic rings. The first kappa shape index (κ1) is 23.2. The van der Waals surface area contributed by atoms with Gasteiger partial charge in [0.2, 0.25) is 11.8 Å². The van der Waals surface area contributed by atoms with Crippen LogP contribution in [0.3, 0.4) is 0 Å². The maximum atomic E-state index is 14.4. The van der Waals surface area contributed by atoms with Crippen molar-refractivity contribution in [2.75, 3.05) is 0 Å². The maximum Gasteiger partial charge on any atom is 0.226 e. The second kappa shape index (κ2) is 10.3. The molecule has 0 unspecified atom stereocenters. The number of nitrogens with zero attached hydrogens (tertiary/aromatic N) is 2. The van der Waals surface area contributed by atoms with Gasteiger partial charge in [-0.2, -0.15) is 5.10 Å². The predicted molar refractivity (Wildman–Crippen MR) is 126 cm³/mol. The lowest BCUT2D eigenvalue weighted by Gasteiger charge is -2.12. The molecule has 1 aromatic heterocycles. The molecule has 0 saturated carbocycles. The minimum atomic E-state index is -0.818. The van der Waals surface area contributed by atoms with Crippen LogP contribution in [0.15, 0.2) is 72.8 Å². The maximum absolute atomic E-state index is 14.4. The summed E-state index contributed by atoms with van der Waals surface area (Å²) in [5.41, 5.74) is 4.11. The second-order valence-corrected chi connectivity index (χ2v) is 8.06. The minimum Gasteiger partial charge on any atom is -0.436 e. The van der Waals surface area contributed by atoms with Gasteiger partial charge in [-0.3, -0.25) is 4.79 Å². The van der Waals surface area contributed by atoms with Gasteiger partial charge in [0, 0.05) is 24.6 Å². The van der Waals surface area contributed by atoms with Crippen LogP contribution in [0.1, 0.15) is 28.8 Å². The molecule has 0 saturated heterocycles. The molecule has 3 aromatic carbocycles. The normalized spacial score (nSPS) is 10.8. The minimum absolute atomic E-state index is 0.120. The van der Waals surface area contributed by atoms with Gasteiger partial charge in [-0.25, -0.2) is 13.5 Å². The predicted octanol–water partition coefficient (Wildman–Crippen LogP) is 5.81. The Kier molecular flexibility index (Phi) is 7.01. The first-order valence-electron chi connectivity index (χ1n) is 11.0. The van der Waals surface area contributed by atoms with Gasteiger partial charge in [-0.15, -0.1) is 0 Å². The number of ether oxygens (including phenoxy) is 1. The van der Waals surface area contributed by atoms with Crippen molar-refractivity contribution in [2.24, 2.45) is 0 Å². The van der Waals surface area contributed by atoms with E-state index in [0.717, 1.165) is 28.9 Å². The molecule has 0 aliphatic heterocycles. The third-order valence-electron chi connectivity index (χ3n) is 5.42. The molecule has 0 fully saturated rings. The van der Waals surface area contributed by atoms with E-state index in [1.807, 2.05) is 68.4 Å². The van der Waals surface area contributed by atoms with Crippen LogP contribution in [-0.2, 0) is 17.8 Å². The molecular formula is C27H25F2N3O2. The van der Waals surface area contributed by atoms with E-state index < -0.39 is 11.6 Å². The van der Waals surface area contributed by atoms with Crippen molar-refractivity contribution >= 4 is 5.91 Å². The number of carbonyl (C=O) groups excluding carboxylic acids is 1. The highest BCUT2D eigenvalue weighted by Crippen LogP contribution is 2.33. The zero-order valence-corrected chi connectivity index (χ0v) is 19.0. The highest BCUT2D eigenvalue weighted by atomic mass is 19.1. The summed E-state index contributed by atoms with van der Waals surface area (Å²) in [5.74, 6) is -1.45. The Morgan fingerprint density at radius 3 is 2.53 bits per heavy atom. The summed E-state index contributed by atoms with van der Waals surface area (Å²) in [5, 5.41) is 7.51. The van der Waals surface area contributed by atoms with Crippen LogP contribution in [-0.4, -0.2) is 15.7 Å². The molecule has 7 heteroatoms. The fraction of sp³-hybridized carbons (Fsp3) is 0.185. The number of halogens is 2. The van der Waals surface area contributed by atoms with Crippen LogP contribution in [0.2, 0.25) is 0 Å². The van der Waals surface area contributed by atoms with Gasteiger partial charge in [0.15, 0.2) is 11.6 Å². The van der Waals surface area contributed by atoms with E-state index in [2.05, 4.69) is 10.4 Å². The highest BCUT2D eigenvalue weighted by Gasteiger charge is 2.21. The van der Waals surface area contributed by atoms with Gasteiger partial charge in [-0.05, 0) is 55.7 Å². The number of hydrogen-bond acceptors (Lipinski definition) is 3. The van der Waals surface area contributed by atoms with E-state index in [4.69, 9.17) is 4.74 Å². The van der Waals surface area contributed by atoms with Crippen LogP contribution in [0.5, 0.6) is 11.6 Å². The average Bonchev–Trinajstić information content (AvgIpc) is 3.13. The van der Waals surface area contributed by atoms with Gasteiger partial charge in [0.1, 0.15) is 5.82 Å². The number of amides is 1. The van der Waals surface area contributed by atoms with Crippen molar-refractivity contribution in [3.05, 3.63) is 107 Å². The van der Waals surface area contributed by atoms with Crippen molar-refractivity contribution in [1.29, 1.82) is 0 Å². The summed E-state index contributed by atoms with van der Waals surface area (Å²) in [6.07, 6.45) is 0.547. The number of aromatic nitrogens is 2. The van der Waals surface area contributed by atoms with Gasteiger partial charge in [0.05, 0.1) is 11.4 Å². The summed E-state index contributed by atoms with van der Waals surface area (Å²) in [7, 11) is 0. The Morgan fingerprint density at radius 2 is 1.79 bits per heavy atom. The Bertz CT molecular complexity index is 1300. The van der Waals surface area contributed by atoms with E-state index >= 15 is 0 Å². The van der Waals surface area contributed by atoms with E-state index in [-0.39, 0.29) is 18.1 Å². The van der Waals surface area contributed by atoms with Gasteiger partial charge in [0.25, 0.3) is 0 Å². The Balaban J connectivity index is 1.60. The number of aryl methyl sites for hydroxylation is 2. The molecule has 1 heterocycles. The molecule has 4 rings (SSSR count). The fourth-order valence-corrected chi connectivity index (χ4v) is 3.65. The van der Waals surface area contributed by atoms with Gasteiger partial charge < -0.3 is 10.1 Å². The van der Waals surface area contributed by atoms with Gasteiger partial charge >= 0.3 is 0 Å². The summed E-state index contributed by atoms with van der Waals surface area (Å²) >= 11 is 0. The third-order valence-corrected chi connectivity index (χ3v) is 5.42. The topological polar surface area (TPSA) is 56.2 Å². The Hall–Kier alpha value is -4.00. The quantitative estimate of drug-likeness (QED) is 0.360. The van der Waals surface area contributed by atoms with Crippen LogP contribution in [0, 0.1) is 25.5 Å². The first-order valence-corrected chi connectivity index (χ1v) is 11.0. The van der Waals surface area contributed by atoms with Gasteiger partial charge in [-0.1, -0.05) is 42.5 Å². The lowest BCUT2D eigenvalue weighted by molar-refractivity contribution is -0.121. The molecule has 0 atom stereocenters. The number of hydrogen-bond donors (Lipinski definition) is 1. The fourth-order valence-electron chi connectivity index (χ4n) is 3.65. The Labute approximate surface area is 197 Å². The monoisotopic (exact) mass is 461 g/mol. The van der Waals surface area contributed by atoms with E-state index in [1.54, 1.807) is 4.68 Å². The van der Waals surface area contributed by atoms with Crippen LogP contribution >= 0.6 is 0 Å². The van der Waals surface area contributed by atoms with Crippen molar-refractivity contribution < 1.29 is 18.3 Å². The summed E-state index contributed by atoms with van der Waals surface area (Å²) in [6, 6.07) is 20.4. The van der Waals surface area contributed by atoms with Crippen LogP contribution in [0.25, 0.3) is 5.69 Å². The molecule has 0 aliphatic carbocycles. The number of carbonyl (C=O) groups is 1. The average molecular weight is 462 g/mol. The Morgan fingerprint density at radius 1 is 1.00 bits per heavy atom. The van der Waals surface area contributed by atoms with E-state index in [9.17, 15) is 13.6 Å². The molecule has 0 spiro atoms. The second-order valence-electron chi connectivity index (χ2n) is 8.06. The third kappa shape index (κ3) is 5.49. The molecular weight excluding hydrogens is 436 g/mol. The SMILES string of the molecule is Cc1cccc(-n2nc(C)c(CCC(=O)NCc3ccccc3)c2Oc2ccc(F)cc2F)c1. The first-order chi connectivity index (χ1) is 16.4. The number of nitrogens with one attached hydrogen (secondary N) is 1. The standard InChI is InChI=1S/C27H25F2N3O2/c1-18-7-6-10-22(15-18)32-27(34-25-13-11-21(28)16-24(25)29)23(19(2)31-32)12-14-26(33)30-17-20-8-4-3-5-9-20/h3-11,13,15-16H,12,14,17H2,1-2H3,(H,30,33). The van der Waals surface area contributed by atoms with Crippen molar-refractivity contribution in [3.63, 3.8) is 0 Å². The molecule has 5 nitrogen and oxygen atoms in total. The summed E-state index contributed by atoms with van der Waals surface area (Å²) in [4.78, 5) is 12.5. The van der Waals surface area contributed by atoms with Crippen molar-refractivity contribution in [1.82, 2.24) is 15.1 Å². The lowest BCUT2D eigenvalue weighted by Crippen LogP contribution is -2.23. The smallest absolute Gasteiger partial charge is 0.226 e. The summed E-state index contributed by atoms with van der Waals surface area (Å²) < 4.78 is 35.3. The van der Waals surface area contributed by atoms with Crippen LogP contribution in [0.4, 0.5) is 8.78 Å².